The number of aryl methyl sites for hydroxylation is 2. The molecule has 4 aromatic rings. The molecule has 1 aromatic heterocycles. The Balaban J connectivity index is 1.83. The summed E-state index contributed by atoms with van der Waals surface area (Å²) in [4.78, 5) is 25.3. The highest BCUT2D eigenvalue weighted by molar-refractivity contribution is 7.91. The van der Waals surface area contributed by atoms with Crippen LogP contribution in [0.3, 0.4) is 0 Å². The molecule has 0 saturated heterocycles. The molecule has 3 aromatic carbocycles. The lowest BCUT2D eigenvalue weighted by Gasteiger charge is -2.15. The van der Waals surface area contributed by atoms with Crippen LogP contribution < -0.4 is 10.7 Å². The minimum Gasteiger partial charge on any atom is -0.336 e. The third kappa shape index (κ3) is 4.42. The van der Waals surface area contributed by atoms with Gasteiger partial charge in [0.05, 0.1) is 10.4 Å². The van der Waals surface area contributed by atoms with Gasteiger partial charge in [0.15, 0.2) is 0 Å². The summed E-state index contributed by atoms with van der Waals surface area (Å²) in [6.07, 6.45) is 1.18. The van der Waals surface area contributed by atoms with Crippen molar-refractivity contribution in [2.75, 3.05) is 5.32 Å². The largest absolute Gasteiger partial charge is 0.336 e. The third-order valence-corrected chi connectivity index (χ3v) is 7.11. The average Bonchev–Trinajstić information content (AvgIpc) is 2.77. The molecule has 0 bridgehead atoms. The van der Waals surface area contributed by atoms with Crippen LogP contribution >= 0.6 is 0 Å². The molecule has 0 atom stereocenters. The number of carbonyl (C=O) groups excluding carboxylic acids is 1. The Hall–Kier alpha value is -3.78. The van der Waals surface area contributed by atoms with E-state index in [4.69, 9.17) is 0 Å². The van der Waals surface area contributed by atoms with Crippen LogP contribution in [-0.4, -0.2) is 18.9 Å². The molecule has 1 amide bonds. The average molecular weight is 465 g/mol. The van der Waals surface area contributed by atoms with E-state index in [1.807, 2.05) is 19.1 Å². The normalized spacial score (nSPS) is 11.5. The molecule has 33 heavy (non-hydrogen) atoms. The van der Waals surface area contributed by atoms with Gasteiger partial charge in [0.25, 0.3) is 0 Å². The number of anilines is 1. The van der Waals surface area contributed by atoms with Crippen LogP contribution in [0.15, 0.2) is 87.5 Å². The van der Waals surface area contributed by atoms with Crippen LogP contribution in [0, 0.1) is 19.7 Å². The van der Waals surface area contributed by atoms with Crippen molar-refractivity contribution in [1.82, 2.24) is 4.57 Å². The molecule has 8 heteroatoms. The van der Waals surface area contributed by atoms with Crippen molar-refractivity contribution in [1.29, 1.82) is 0 Å². The summed E-state index contributed by atoms with van der Waals surface area (Å²) < 4.78 is 41.2. The van der Waals surface area contributed by atoms with Gasteiger partial charge in [-0.25, -0.2) is 12.8 Å². The second-order valence-electron chi connectivity index (χ2n) is 7.79. The summed E-state index contributed by atoms with van der Waals surface area (Å²) in [6.45, 7) is 3.44. The lowest BCUT2D eigenvalue weighted by atomic mass is 10.1. The standard InChI is InChI=1S/C25H21FN2O4S/c1-16-7-12-22-20(13-16)25(30)23(33(31,32)19-10-8-18(26)9-11-19)14-28(22)15-24(29)27-21-6-4-3-5-17(21)2/h3-14H,15H2,1-2H3,(H,27,29). The van der Waals surface area contributed by atoms with E-state index in [-0.39, 0.29) is 22.7 Å². The molecule has 0 spiro atoms. The lowest BCUT2D eigenvalue weighted by molar-refractivity contribution is -0.116. The Morgan fingerprint density at radius 1 is 1.00 bits per heavy atom. The molecule has 0 fully saturated rings. The van der Waals surface area contributed by atoms with Gasteiger partial charge in [-0.15, -0.1) is 0 Å². The number of hydrogen-bond donors (Lipinski definition) is 1. The SMILES string of the molecule is Cc1ccc2c(c1)c(=O)c(S(=O)(=O)c1ccc(F)cc1)cn2CC(=O)Nc1ccccc1C. The van der Waals surface area contributed by atoms with Crippen molar-refractivity contribution in [3.8, 4) is 0 Å². The maximum Gasteiger partial charge on any atom is 0.244 e. The number of rotatable bonds is 5. The number of hydrogen-bond acceptors (Lipinski definition) is 4. The van der Waals surface area contributed by atoms with Crippen molar-refractivity contribution in [2.24, 2.45) is 0 Å². The number of carbonyl (C=O) groups is 1. The highest BCUT2D eigenvalue weighted by Crippen LogP contribution is 2.22. The Morgan fingerprint density at radius 2 is 1.70 bits per heavy atom. The van der Waals surface area contributed by atoms with Crippen molar-refractivity contribution >= 4 is 32.3 Å². The van der Waals surface area contributed by atoms with E-state index in [2.05, 4.69) is 5.32 Å². The van der Waals surface area contributed by atoms with Gasteiger partial charge >= 0.3 is 0 Å². The lowest BCUT2D eigenvalue weighted by Crippen LogP contribution is -2.24. The van der Waals surface area contributed by atoms with Crippen molar-refractivity contribution in [3.63, 3.8) is 0 Å². The Kier molecular flexibility index (Phi) is 5.86. The molecule has 4 rings (SSSR count). The van der Waals surface area contributed by atoms with Gasteiger partial charge in [-0.05, 0) is 61.9 Å². The predicted octanol–water partition coefficient (Wildman–Crippen LogP) is 4.23. The zero-order chi connectivity index (χ0) is 23.8. The number of amides is 1. The number of para-hydroxylation sites is 1. The van der Waals surface area contributed by atoms with Crippen molar-refractivity contribution < 1.29 is 17.6 Å². The fourth-order valence-electron chi connectivity index (χ4n) is 3.61. The fraction of sp³-hybridized carbons (Fsp3) is 0.120. The third-order valence-electron chi connectivity index (χ3n) is 5.35. The summed E-state index contributed by atoms with van der Waals surface area (Å²) in [6, 6.07) is 16.6. The van der Waals surface area contributed by atoms with Gasteiger partial charge in [-0.1, -0.05) is 29.8 Å². The molecular formula is C25H21FN2O4S. The molecule has 0 saturated carbocycles. The second kappa shape index (κ2) is 8.63. The number of fused-ring (bicyclic) bond motifs is 1. The number of aromatic nitrogens is 1. The number of benzene rings is 3. The minimum atomic E-state index is -4.25. The van der Waals surface area contributed by atoms with Gasteiger partial charge in [0.1, 0.15) is 17.3 Å². The van der Waals surface area contributed by atoms with Crippen LogP contribution in [0.25, 0.3) is 10.9 Å². The van der Waals surface area contributed by atoms with E-state index in [9.17, 15) is 22.4 Å². The first-order valence-corrected chi connectivity index (χ1v) is 11.6. The summed E-state index contributed by atoms with van der Waals surface area (Å²) in [5.41, 5.74) is 2.05. The zero-order valence-electron chi connectivity index (χ0n) is 18.0. The van der Waals surface area contributed by atoms with Gasteiger partial charge < -0.3 is 9.88 Å². The molecule has 0 unspecified atom stereocenters. The molecule has 6 nitrogen and oxygen atoms in total. The van der Waals surface area contributed by atoms with Gasteiger partial charge in [-0.2, -0.15) is 0 Å². The van der Waals surface area contributed by atoms with Crippen LogP contribution in [0.2, 0.25) is 0 Å². The first kappa shape index (κ1) is 22.4. The smallest absolute Gasteiger partial charge is 0.244 e. The van der Waals surface area contributed by atoms with Crippen LogP contribution in [0.5, 0.6) is 0 Å². The highest BCUT2D eigenvalue weighted by Gasteiger charge is 2.24. The van der Waals surface area contributed by atoms with Crippen LogP contribution in [-0.2, 0) is 21.2 Å². The Labute approximate surface area is 190 Å². The van der Waals surface area contributed by atoms with Crippen LogP contribution in [0.1, 0.15) is 11.1 Å². The number of nitrogens with zero attached hydrogens (tertiary/aromatic N) is 1. The van der Waals surface area contributed by atoms with Crippen molar-refractivity contribution in [2.45, 2.75) is 30.2 Å². The summed E-state index contributed by atoms with van der Waals surface area (Å²) in [5.74, 6) is -0.965. The summed E-state index contributed by atoms with van der Waals surface area (Å²) >= 11 is 0. The first-order chi connectivity index (χ1) is 15.7. The second-order valence-corrected chi connectivity index (χ2v) is 9.71. The van der Waals surface area contributed by atoms with E-state index >= 15 is 0 Å². The summed E-state index contributed by atoms with van der Waals surface area (Å²) in [5, 5.41) is 3.00. The van der Waals surface area contributed by atoms with Gasteiger partial charge in [0, 0.05) is 17.3 Å². The number of sulfone groups is 1. The first-order valence-electron chi connectivity index (χ1n) is 10.2. The fourth-order valence-corrected chi connectivity index (χ4v) is 4.97. The monoisotopic (exact) mass is 464 g/mol. The van der Waals surface area contributed by atoms with Crippen molar-refractivity contribution in [3.05, 3.63) is 100 Å². The predicted molar refractivity (Wildman–Crippen MR) is 125 cm³/mol. The van der Waals surface area contributed by atoms with E-state index < -0.39 is 26.0 Å². The molecule has 1 heterocycles. The number of pyridine rings is 1. The maximum atomic E-state index is 13.3. The number of nitrogens with one attached hydrogen (secondary N) is 1. The zero-order valence-corrected chi connectivity index (χ0v) is 18.8. The van der Waals surface area contributed by atoms with E-state index in [1.165, 1.54) is 10.8 Å². The molecule has 0 aliphatic carbocycles. The summed E-state index contributed by atoms with van der Waals surface area (Å²) in [7, 11) is -4.25. The minimum absolute atomic E-state index is 0.182. The Morgan fingerprint density at radius 3 is 2.39 bits per heavy atom. The quantitative estimate of drug-likeness (QED) is 0.448. The molecular weight excluding hydrogens is 443 g/mol. The molecule has 168 valence electrons. The number of halogens is 1. The topological polar surface area (TPSA) is 85.2 Å². The van der Waals surface area contributed by atoms with E-state index in [1.54, 1.807) is 37.3 Å². The van der Waals surface area contributed by atoms with E-state index in [0.717, 1.165) is 35.4 Å². The maximum absolute atomic E-state index is 13.3. The molecule has 0 aliphatic heterocycles. The molecule has 0 aliphatic rings. The van der Waals surface area contributed by atoms with Crippen LogP contribution in [0.4, 0.5) is 10.1 Å². The molecule has 1 N–H and O–H groups in total. The van der Waals surface area contributed by atoms with Gasteiger partial charge in [0.2, 0.25) is 21.2 Å². The van der Waals surface area contributed by atoms with E-state index in [0.29, 0.717) is 11.2 Å². The van der Waals surface area contributed by atoms with Gasteiger partial charge in [-0.3, -0.25) is 9.59 Å². The Bertz CT molecular complexity index is 1540. The molecule has 0 radical (unpaired) electrons. The highest BCUT2D eigenvalue weighted by atomic mass is 32.2.